The van der Waals surface area contributed by atoms with E-state index in [0.717, 1.165) is 23.3 Å². The maximum absolute atomic E-state index is 13.5. The van der Waals surface area contributed by atoms with Crippen LogP contribution in [0.25, 0.3) is 5.95 Å². The lowest BCUT2D eigenvalue weighted by molar-refractivity contribution is 0.0941. The standard InChI is InChI=1S/C22H18F2N5O4P.H2S/c1-34(32,33)17-8-4-14(5-9-17)19(13-2-6-15(23)7-3-13)27-20(30)18-11-25-22(28-21(18)31)29-12-16(24)10-26-29;/h2-12,19H,1H3,(H,27,30)(H,32,33)(H,25,28,31);1H2/t19-;/m0./s1. The first kappa shape index (κ1) is 26.0. The number of nitrogens with one attached hydrogen (secondary N) is 2. The fourth-order valence-corrected chi connectivity index (χ4v) is 3.95. The molecule has 4 aromatic rings. The molecule has 0 saturated heterocycles. The van der Waals surface area contributed by atoms with E-state index in [1.807, 2.05) is 0 Å². The molecular weight excluding hydrogens is 499 g/mol. The fraction of sp³-hybridized carbons (Fsp3) is 0.0909. The Kier molecular flexibility index (Phi) is 7.69. The average Bonchev–Trinajstić information content (AvgIpc) is 3.24. The molecule has 0 saturated carbocycles. The molecule has 0 aliphatic heterocycles. The van der Waals surface area contributed by atoms with E-state index in [2.05, 4.69) is 20.4 Å². The highest BCUT2D eigenvalue weighted by Crippen LogP contribution is 2.34. The van der Waals surface area contributed by atoms with Crippen LogP contribution >= 0.6 is 20.9 Å². The maximum Gasteiger partial charge on any atom is 0.265 e. The lowest BCUT2D eigenvalue weighted by Gasteiger charge is -2.20. The number of H-pyrrole nitrogens is 1. The van der Waals surface area contributed by atoms with Gasteiger partial charge in [-0.25, -0.2) is 18.4 Å². The van der Waals surface area contributed by atoms with Crippen molar-refractivity contribution in [3.8, 4) is 5.95 Å². The first-order chi connectivity index (χ1) is 16.1. The van der Waals surface area contributed by atoms with E-state index in [0.29, 0.717) is 11.1 Å². The lowest BCUT2D eigenvalue weighted by atomic mass is 9.98. The molecule has 2 atom stereocenters. The monoisotopic (exact) mass is 519 g/mol. The minimum absolute atomic E-state index is 0. The van der Waals surface area contributed by atoms with Crippen LogP contribution in [0.1, 0.15) is 27.5 Å². The van der Waals surface area contributed by atoms with E-state index >= 15 is 0 Å². The predicted octanol–water partition coefficient (Wildman–Crippen LogP) is 2.39. The Morgan fingerprint density at radius 2 is 1.66 bits per heavy atom. The van der Waals surface area contributed by atoms with E-state index in [1.54, 1.807) is 12.1 Å². The Balaban J connectivity index is 0.00000342. The van der Waals surface area contributed by atoms with Crippen LogP contribution in [0, 0.1) is 11.6 Å². The zero-order valence-corrected chi connectivity index (χ0v) is 20.0. The van der Waals surface area contributed by atoms with Crippen molar-refractivity contribution < 1.29 is 23.0 Å². The van der Waals surface area contributed by atoms with Crippen molar-refractivity contribution in [1.82, 2.24) is 25.1 Å². The zero-order chi connectivity index (χ0) is 24.5. The summed E-state index contributed by atoms with van der Waals surface area (Å²) < 4.78 is 39.6. The molecule has 0 aliphatic rings. The van der Waals surface area contributed by atoms with E-state index in [4.69, 9.17) is 0 Å². The summed E-state index contributed by atoms with van der Waals surface area (Å²) in [6.45, 7) is 1.21. The largest absolute Gasteiger partial charge is 0.341 e. The van der Waals surface area contributed by atoms with Gasteiger partial charge in [-0.1, -0.05) is 24.3 Å². The number of aromatic amines is 1. The second kappa shape index (κ2) is 10.3. The van der Waals surface area contributed by atoms with E-state index < -0.39 is 36.5 Å². The Labute approximate surface area is 204 Å². The van der Waals surface area contributed by atoms with E-state index in [1.165, 1.54) is 43.1 Å². The van der Waals surface area contributed by atoms with Crippen LogP contribution in [0.15, 0.2) is 71.9 Å². The second-order valence-electron chi connectivity index (χ2n) is 7.48. The molecule has 0 spiro atoms. The number of hydrogen-bond acceptors (Lipinski definition) is 5. The summed E-state index contributed by atoms with van der Waals surface area (Å²) >= 11 is 0. The highest BCUT2D eigenvalue weighted by Gasteiger charge is 2.22. The van der Waals surface area contributed by atoms with Gasteiger partial charge in [0.2, 0.25) is 13.3 Å². The van der Waals surface area contributed by atoms with Gasteiger partial charge in [-0.3, -0.25) is 19.1 Å². The molecular formula is C22H20F2N5O4PS. The number of aromatic nitrogens is 4. The van der Waals surface area contributed by atoms with E-state index in [9.17, 15) is 27.8 Å². The number of carbonyl (C=O) groups is 1. The fourth-order valence-electron chi connectivity index (χ4n) is 3.25. The molecule has 1 unspecified atom stereocenters. The Bertz CT molecular complexity index is 1450. The zero-order valence-electron chi connectivity index (χ0n) is 18.1. The van der Waals surface area contributed by atoms with Gasteiger partial charge in [0, 0.05) is 18.2 Å². The summed E-state index contributed by atoms with van der Waals surface area (Å²) in [5, 5.41) is 6.64. The van der Waals surface area contributed by atoms with Crippen molar-refractivity contribution >= 4 is 32.1 Å². The normalized spacial score (nSPS) is 13.4. The second-order valence-corrected chi connectivity index (χ2v) is 9.76. The summed E-state index contributed by atoms with van der Waals surface area (Å²) in [6, 6.07) is 10.6. The molecule has 0 bridgehead atoms. The van der Waals surface area contributed by atoms with Gasteiger partial charge in [-0.2, -0.15) is 18.6 Å². The molecule has 2 heterocycles. The molecule has 1 amide bonds. The van der Waals surface area contributed by atoms with Crippen LogP contribution in [0.3, 0.4) is 0 Å². The number of halogens is 2. The van der Waals surface area contributed by atoms with Crippen molar-refractivity contribution in [3.63, 3.8) is 0 Å². The van der Waals surface area contributed by atoms with Crippen LogP contribution in [0.5, 0.6) is 0 Å². The third kappa shape index (κ3) is 5.91. The molecule has 0 radical (unpaired) electrons. The number of benzene rings is 2. The molecule has 9 nitrogen and oxygen atoms in total. The molecule has 13 heteroatoms. The summed E-state index contributed by atoms with van der Waals surface area (Å²) in [4.78, 5) is 41.6. The summed E-state index contributed by atoms with van der Waals surface area (Å²) in [5.41, 5.74) is -0.0447. The van der Waals surface area contributed by atoms with Gasteiger partial charge in [-0.05, 0) is 35.4 Å². The highest BCUT2D eigenvalue weighted by molar-refractivity contribution is 7.65. The van der Waals surface area contributed by atoms with Gasteiger partial charge in [0.1, 0.15) is 11.4 Å². The molecule has 182 valence electrons. The van der Waals surface area contributed by atoms with Crippen LogP contribution in [-0.4, -0.2) is 37.2 Å². The highest BCUT2D eigenvalue weighted by atomic mass is 32.1. The van der Waals surface area contributed by atoms with Gasteiger partial charge in [0.05, 0.1) is 18.4 Å². The minimum atomic E-state index is -3.48. The number of carbonyl (C=O) groups excluding carboxylic acids is 1. The van der Waals surface area contributed by atoms with Gasteiger partial charge in [-0.15, -0.1) is 0 Å². The Morgan fingerprint density at radius 3 is 2.17 bits per heavy atom. The van der Waals surface area contributed by atoms with Crippen molar-refractivity contribution in [2.75, 3.05) is 6.66 Å². The van der Waals surface area contributed by atoms with Crippen molar-refractivity contribution in [2.45, 2.75) is 6.04 Å². The van der Waals surface area contributed by atoms with Gasteiger partial charge >= 0.3 is 0 Å². The summed E-state index contributed by atoms with van der Waals surface area (Å²) in [7, 11) is -3.48. The first-order valence-electron chi connectivity index (χ1n) is 9.89. The molecule has 2 aromatic carbocycles. The average molecular weight is 519 g/mol. The SMILES string of the molecule is CP(=O)(O)c1ccc([C@@H](NC(=O)c2cnc(-n3cc(F)cn3)[nH]c2=O)c2ccc(F)cc2)cc1.S. The van der Waals surface area contributed by atoms with Gasteiger partial charge < -0.3 is 10.2 Å². The smallest absolute Gasteiger partial charge is 0.265 e. The van der Waals surface area contributed by atoms with Crippen LogP contribution in [-0.2, 0) is 4.57 Å². The number of rotatable bonds is 6. The van der Waals surface area contributed by atoms with Gasteiger partial charge in [0.25, 0.3) is 11.5 Å². The lowest BCUT2D eigenvalue weighted by Crippen LogP contribution is -2.34. The number of nitrogens with zero attached hydrogens (tertiary/aromatic N) is 3. The summed E-state index contributed by atoms with van der Waals surface area (Å²) in [6.07, 6.45) is 2.98. The maximum atomic E-state index is 13.5. The number of amides is 1. The molecule has 4 rings (SSSR count). The Morgan fingerprint density at radius 1 is 1.06 bits per heavy atom. The van der Waals surface area contributed by atoms with E-state index in [-0.39, 0.29) is 30.3 Å². The topological polar surface area (TPSA) is 130 Å². The molecule has 2 aromatic heterocycles. The quantitative estimate of drug-likeness (QED) is 0.336. The van der Waals surface area contributed by atoms with Crippen molar-refractivity contribution in [1.29, 1.82) is 0 Å². The third-order valence-electron chi connectivity index (χ3n) is 4.98. The van der Waals surface area contributed by atoms with Crippen LogP contribution in [0.2, 0.25) is 0 Å². The molecule has 0 aliphatic carbocycles. The minimum Gasteiger partial charge on any atom is -0.341 e. The predicted molar refractivity (Wildman–Crippen MR) is 130 cm³/mol. The van der Waals surface area contributed by atoms with Gasteiger partial charge in [0.15, 0.2) is 5.82 Å². The first-order valence-corrected chi connectivity index (χ1v) is 12.0. The van der Waals surface area contributed by atoms with Crippen molar-refractivity contribution in [2.24, 2.45) is 0 Å². The summed E-state index contributed by atoms with van der Waals surface area (Å²) in [5.74, 6) is -1.95. The molecule has 3 N–H and O–H groups in total. The van der Waals surface area contributed by atoms with Crippen LogP contribution < -0.4 is 16.2 Å². The van der Waals surface area contributed by atoms with Crippen LogP contribution in [0.4, 0.5) is 8.78 Å². The Hall–Kier alpha value is -3.60. The molecule has 35 heavy (non-hydrogen) atoms. The van der Waals surface area contributed by atoms with Crippen molar-refractivity contribution in [3.05, 3.63) is 106 Å². The number of hydrogen-bond donors (Lipinski definition) is 3. The third-order valence-corrected chi connectivity index (χ3v) is 6.24. The molecule has 0 fully saturated rings.